The lowest BCUT2D eigenvalue weighted by molar-refractivity contribution is -0.890. The van der Waals surface area contributed by atoms with Crippen LogP contribution in [0.5, 0.6) is 0 Å². The molecule has 0 saturated heterocycles. The molecule has 0 aromatic heterocycles. The molecule has 0 aromatic rings. The highest BCUT2D eigenvalue weighted by molar-refractivity contribution is 8.13. The van der Waals surface area contributed by atoms with E-state index in [0.717, 1.165) is 21.5 Å². The van der Waals surface area contributed by atoms with Gasteiger partial charge in [-0.3, -0.25) is 0 Å². The number of halogens is 6. The average molecular weight is 565 g/mol. The minimum Gasteiger partial charge on any atom is -0.462 e. The van der Waals surface area contributed by atoms with Gasteiger partial charge in [-0.05, 0) is 45.4 Å². The Morgan fingerprint density at radius 3 is 1.60 bits per heavy atom. The molecule has 0 unspecified atom stereocenters. The second-order valence-electron chi connectivity index (χ2n) is 8.34. The van der Waals surface area contributed by atoms with E-state index in [-0.39, 0.29) is 5.97 Å². The van der Waals surface area contributed by atoms with Gasteiger partial charge in [0.2, 0.25) is 0 Å². The quantitative estimate of drug-likeness (QED) is 0.0967. The third kappa shape index (κ3) is 16.1. The summed E-state index contributed by atoms with van der Waals surface area (Å²) in [7, 11) is -8.80. The Hall–Kier alpha value is -1.39. The summed E-state index contributed by atoms with van der Waals surface area (Å²) in [6, 6.07) is 0. The smallest absolute Gasteiger partial charge is 0.462 e. The summed E-state index contributed by atoms with van der Waals surface area (Å²) < 4.78 is 115. The van der Waals surface area contributed by atoms with Gasteiger partial charge < -0.3 is 13.3 Å². The van der Waals surface area contributed by atoms with Crippen LogP contribution >= 0.6 is 0 Å². The summed E-state index contributed by atoms with van der Waals surface area (Å²) in [5.74, 6) is -0.265. The molecule has 210 valence electrons. The van der Waals surface area contributed by atoms with Crippen LogP contribution < -0.4 is 0 Å². The fourth-order valence-corrected chi connectivity index (χ4v) is 4.11. The van der Waals surface area contributed by atoms with Crippen molar-refractivity contribution in [1.29, 1.82) is 0 Å². The van der Waals surface area contributed by atoms with Gasteiger partial charge in [0.1, 0.15) is 0 Å². The molecule has 35 heavy (non-hydrogen) atoms. The molecule has 0 heterocycles. The lowest BCUT2D eigenvalue weighted by atomic mass is 10.1. The van der Waals surface area contributed by atoms with Gasteiger partial charge in [0.15, 0.2) is 20.0 Å². The van der Waals surface area contributed by atoms with Crippen LogP contribution in [0.3, 0.4) is 0 Å². The van der Waals surface area contributed by atoms with Crippen LogP contribution in [0.1, 0.15) is 58.8 Å². The van der Waals surface area contributed by atoms with Crippen molar-refractivity contribution in [3.8, 4) is 0 Å². The molecular formula is C19H34F6N2O6S2. The number of rotatable bonds is 14. The Morgan fingerprint density at radius 1 is 0.829 bits per heavy atom. The van der Waals surface area contributed by atoms with Crippen LogP contribution in [-0.4, -0.2) is 72.1 Å². The molecule has 8 nitrogen and oxygen atoms in total. The summed E-state index contributed by atoms with van der Waals surface area (Å²) in [4.78, 5) is 11.2. The van der Waals surface area contributed by atoms with Crippen molar-refractivity contribution in [1.82, 2.24) is 0 Å². The number of quaternary nitrogens is 1. The Morgan fingerprint density at radius 2 is 1.23 bits per heavy atom. The number of alkyl halides is 6. The monoisotopic (exact) mass is 564 g/mol. The summed E-state index contributed by atoms with van der Waals surface area (Å²) in [6.45, 7) is 10.6. The largest absolute Gasteiger partial charge is 0.480 e. The summed E-state index contributed by atoms with van der Waals surface area (Å²) in [5, 5.41) is 0. The van der Waals surface area contributed by atoms with E-state index in [0.29, 0.717) is 12.2 Å². The van der Waals surface area contributed by atoms with Crippen molar-refractivity contribution in [2.45, 2.75) is 69.8 Å². The van der Waals surface area contributed by atoms with Gasteiger partial charge in [-0.15, -0.1) is 0 Å². The first-order chi connectivity index (χ1) is 15.6. The number of hydrogen-bond acceptors (Lipinski definition) is 6. The molecule has 0 N–H and O–H groups in total. The highest BCUT2D eigenvalue weighted by Gasteiger charge is 2.46. The fourth-order valence-electron chi connectivity index (χ4n) is 2.40. The molecule has 16 heteroatoms. The van der Waals surface area contributed by atoms with Gasteiger partial charge in [0.25, 0.3) is 0 Å². The van der Waals surface area contributed by atoms with Gasteiger partial charge in [-0.1, -0.05) is 19.9 Å². The van der Waals surface area contributed by atoms with Gasteiger partial charge in [0.05, 0.1) is 33.8 Å². The third-order valence-electron chi connectivity index (χ3n) is 4.39. The first kappa shape index (κ1) is 35.8. The summed E-state index contributed by atoms with van der Waals surface area (Å²) >= 11 is 0. The molecule has 0 aliphatic heterocycles. The third-order valence-corrected chi connectivity index (χ3v) is 7.13. The van der Waals surface area contributed by atoms with E-state index < -0.39 is 31.1 Å². The highest BCUT2D eigenvalue weighted by atomic mass is 32.3. The predicted octanol–water partition coefficient (Wildman–Crippen LogP) is 4.99. The van der Waals surface area contributed by atoms with Crippen molar-refractivity contribution in [3.63, 3.8) is 0 Å². The van der Waals surface area contributed by atoms with E-state index in [1.165, 1.54) is 45.2 Å². The van der Waals surface area contributed by atoms with Crippen LogP contribution in [0.2, 0.25) is 0 Å². The Balaban J connectivity index is 0. The second kappa shape index (κ2) is 15.0. The molecule has 0 spiro atoms. The number of ether oxygens (including phenoxy) is 1. The van der Waals surface area contributed by atoms with Gasteiger partial charge in [-0.2, -0.15) is 26.3 Å². The second-order valence-corrected chi connectivity index (χ2v) is 11.8. The van der Waals surface area contributed by atoms with Crippen LogP contribution in [0.4, 0.5) is 26.3 Å². The molecule has 0 saturated carbocycles. The number of hydrogen-bond donors (Lipinski definition) is 0. The van der Waals surface area contributed by atoms with E-state index in [9.17, 15) is 48.0 Å². The topological polar surface area (TPSA) is 109 Å². The average Bonchev–Trinajstić information content (AvgIpc) is 2.65. The Kier molecular flexibility index (Phi) is 15.3. The van der Waals surface area contributed by atoms with Crippen molar-refractivity contribution in [3.05, 3.63) is 16.3 Å². The van der Waals surface area contributed by atoms with Crippen LogP contribution in [-0.2, 0) is 29.6 Å². The Labute approximate surface area is 203 Å². The maximum absolute atomic E-state index is 11.4. The molecule has 0 aromatic carbocycles. The fraction of sp³-hybridized carbons (Fsp3) is 0.842. The van der Waals surface area contributed by atoms with E-state index in [2.05, 4.69) is 27.6 Å². The number of sulfonamides is 2. The van der Waals surface area contributed by atoms with Gasteiger partial charge in [0, 0.05) is 5.57 Å². The summed E-state index contributed by atoms with van der Waals surface area (Å²) in [5.41, 5.74) is -11.9. The number of esters is 1. The van der Waals surface area contributed by atoms with E-state index in [1.807, 2.05) is 0 Å². The maximum atomic E-state index is 11.4. The van der Waals surface area contributed by atoms with E-state index in [4.69, 9.17) is 4.74 Å². The van der Waals surface area contributed by atoms with E-state index in [1.54, 1.807) is 6.92 Å². The van der Waals surface area contributed by atoms with Gasteiger partial charge >= 0.3 is 17.0 Å². The number of carbonyl (C=O) groups excluding carboxylic acids is 1. The predicted molar refractivity (Wildman–Crippen MR) is 119 cm³/mol. The van der Waals surface area contributed by atoms with Crippen molar-refractivity contribution >= 4 is 26.0 Å². The van der Waals surface area contributed by atoms with Crippen LogP contribution in [0.25, 0.3) is 4.13 Å². The zero-order valence-corrected chi connectivity index (χ0v) is 21.8. The van der Waals surface area contributed by atoms with E-state index >= 15 is 0 Å². The van der Waals surface area contributed by atoms with Crippen LogP contribution in [0.15, 0.2) is 12.2 Å². The number of nitrogens with zero attached hydrogens (tertiary/aromatic N) is 2. The molecule has 0 atom stereocenters. The van der Waals surface area contributed by atoms with Crippen molar-refractivity contribution in [2.75, 3.05) is 33.8 Å². The molecule has 0 fully saturated rings. The molecule has 0 amide bonds. The van der Waals surface area contributed by atoms with Crippen molar-refractivity contribution in [2.24, 2.45) is 0 Å². The minimum atomic E-state index is -6.72. The highest BCUT2D eigenvalue weighted by Crippen LogP contribution is 2.36. The maximum Gasteiger partial charge on any atom is 0.480 e. The molecule has 0 rings (SSSR count). The molecule has 0 bridgehead atoms. The van der Waals surface area contributed by atoms with Crippen LogP contribution in [0, 0.1) is 0 Å². The minimum absolute atomic E-state index is 0.265. The molecular weight excluding hydrogens is 530 g/mol. The molecule has 0 radical (unpaired) electrons. The number of unbranched alkanes of at least 4 members (excludes halogenated alkanes) is 5. The lowest BCUT2D eigenvalue weighted by Crippen LogP contribution is -2.41. The molecule has 0 aliphatic rings. The normalized spacial score (nSPS) is 13.1. The van der Waals surface area contributed by atoms with Crippen molar-refractivity contribution < 1.29 is 57.2 Å². The Bertz CT molecular complexity index is 827. The zero-order chi connectivity index (χ0) is 28.1. The lowest BCUT2D eigenvalue weighted by Gasteiger charge is -2.29. The standard InChI is InChI=1S/C17H34NO2.C2F6NO4S2/c1-6-7-10-13-18(4,5)14-11-8-9-12-15-20-17(19)16(2)3;3-1(4,5)14(10,11)9-15(12,13)2(6,7)8/h2,6-15H2,1,3-5H3;/q+1;-1. The summed E-state index contributed by atoms with van der Waals surface area (Å²) in [6.07, 6.45) is 8.55. The van der Waals surface area contributed by atoms with Gasteiger partial charge in [-0.25, -0.2) is 21.6 Å². The number of carbonyl (C=O) groups is 1. The first-order valence-electron chi connectivity index (χ1n) is 10.6. The first-order valence-corrected chi connectivity index (χ1v) is 13.5. The molecule has 0 aliphatic carbocycles. The zero-order valence-electron chi connectivity index (χ0n) is 20.2. The SMILES string of the molecule is C=C(C)C(=O)OCCCCCC[N+](C)(C)CCCCC.O=S(=O)([N-]S(=O)(=O)C(F)(F)F)C(F)(F)F.